The standard InChI is InChI=1S/C10H13BrO3/c1-7-4-8(14-6-12-2)5-9(13-3)10(7)11/h4-5H,6H2,1-3H3. The van der Waals surface area contributed by atoms with Crippen molar-refractivity contribution in [3.05, 3.63) is 22.2 Å². The molecule has 0 unspecified atom stereocenters. The Bertz CT molecular complexity index is 312. The fourth-order valence-electron chi connectivity index (χ4n) is 1.06. The molecule has 0 N–H and O–H groups in total. The van der Waals surface area contributed by atoms with Crippen molar-refractivity contribution in [1.29, 1.82) is 0 Å². The Morgan fingerprint density at radius 2 is 2.00 bits per heavy atom. The SMILES string of the molecule is COCOc1cc(C)c(Br)c(OC)c1. The first-order valence-corrected chi connectivity index (χ1v) is 4.94. The summed E-state index contributed by atoms with van der Waals surface area (Å²) in [6.45, 7) is 2.22. The average Bonchev–Trinajstić information content (AvgIpc) is 2.19. The molecule has 0 saturated carbocycles. The minimum atomic E-state index is 0.240. The number of benzene rings is 1. The fraction of sp³-hybridized carbons (Fsp3) is 0.400. The highest BCUT2D eigenvalue weighted by atomic mass is 79.9. The van der Waals surface area contributed by atoms with Crippen LogP contribution in [0.2, 0.25) is 0 Å². The van der Waals surface area contributed by atoms with Gasteiger partial charge in [-0.25, -0.2) is 0 Å². The van der Waals surface area contributed by atoms with Gasteiger partial charge in [0.2, 0.25) is 0 Å². The van der Waals surface area contributed by atoms with Crippen LogP contribution in [0.15, 0.2) is 16.6 Å². The van der Waals surface area contributed by atoms with Gasteiger partial charge in [-0.15, -0.1) is 0 Å². The minimum Gasteiger partial charge on any atom is -0.495 e. The summed E-state index contributed by atoms with van der Waals surface area (Å²) in [7, 11) is 3.21. The zero-order valence-corrected chi connectivity index (χ0v) is 10.1. The summed E-state index contributed by atoms with van der Waals surface area (Å²) >= 11 is 3.43. The van der Waals surface area contributed by atoms with Crippen LogP contribution in [0.25, 0.3) is 0 Å². The second kappa shape index (κ2) is 5.22. The number of hydrogen-bond acceptors (Lipinski definition) is 3. The van der Waals surface area contributed by atoms with Crippen LogP contribution in [0.5, 0.6) is 11.5 Å². The van der Waals surface area contributed by atoms with Crippen LogP contribution in [0, 0.1) is 6.92 Å². The van der Waals surface area contributed by atoms with Gasteiger partial charge in [0.15, 0.2) is 6.79 Å². The summed E-state index contributed by atoms with van der Waals surface area (Å²) in [5.74, 6) is 1.50. The topological polar surface area (TPSA) is 27.7 Å². The Labute approximate surface area is 92.1 Å². The van der Waals surface area contributed by atoms with Crippen molar-refractivity contribution >= 4 is 15.9 Å². The average molecular weight is 261 g/mol. The van der Waals surface area contributed by atoms with Crippen molar-refractivity contribution in [2.45, 2.75) is 6.92 Å². The molecule has 0 bridgehead atoms. The molecule has 0 aliphatic carbocycles. The predicted molar refractivity (Wildman–Crippen MR) is 57.9 cm³/mol. The van der Waals surface area contributed by atoms with Crippen LogP contribution in [0.3, 0.4) is 0 Å². The van der Waals surface area contributed by atoms with Crippen LogP contribution in [0.1, 0.15) is 5.56 Å². The molecule has 1 aromatic rings. The molecule has 0 heterocycles. The predicted octanol–water partition coefficient (Wildman–Crippen LogP) is 2.75. The van der Waals surface area contributed by atoms with E-state index in [0.717, 1.165) is 21.5 Å². The zero-order chi connectivity index (χ0) is 10.6. The van der Waals surface area contributed by atoms with Gasteiger partial charge in [0.25, 0.3) is 0 Å². The minimum absolute atomic E-state index is 0.240. The highest BCUT2D eigenvalue weighted by Crippen LogP contribution is 2.32. The second-order valence-electron chi connectivity index (χ2n) is 2.81. The van der Waals surface area contributed by atoms with E-state index < -0.39 is 0 Å². The van der Waals surface area contributed by atoms with E-state index in [2.05, 4.69) is 15.9 Å². The van der Waals surface area contributed by atoms with Gasteiger partial charge in [0.05, 0.1) is 11.6 Å². The third-order valence-electron chi connectivity index (χ3n) is 1.76. The molecule has 78 valence electrons. The van der Waals surface area contributed by atoms with E-state index in [4.69, 9.17) is 14.2 Å². The van der Waals surface area contributed by atoms with E-state index in [9.17, 15) is 0 Å². The van der Waals surface area contributed by atoms with E-state index in [1.165, 1.54) is 0 Å². The summed E-state index contributed by atoms with van der Waals surface area (Å²) in [6.07, 6.45) is 0. The Balaban J connectivity index is 2.91. The van der Waals surface area contributed by atoms with Gasteiger partial charge in [-0.05, 0) is 34.5 Å². The second-order valence-corrected chi connectivity index (χ2v) is 3.60. The van der Waals surface area contributed by atoms with Crippen LogP contribution in [-0.4, -0.2) is 21.0 Å². The maximum absolute atomic E-state index is 5.31. The lowest BCUT2D eigenvalue weighted by molar-refractivity contribution is 0.0509. The normalized spacial score (nSPS) is 10.0. The van der Waals surface area contributed by atoms with Crippen molar-refractivity contribution in [1.82, 2.24) is 0 Å². The molecule has 0 radical (unpaired) electrons. The van der Waals surface area contributed by atoms with Crippen LogP contribution < -0.4 is 9.47 Å². The van der Waals surface area contributed by atoms with Crippen molar-refractivity contribution in [3.8, 4) is 11.5 Å². The molecule has 0 aliphatic heterocycles. The van der Waals surface area contributed by atoms with Gasteiger partial charge in [-0.1, -0.05) is 0 Å². The zero-order valence-electron chi connectivity index (χ0n) is 8.46. The van der Waals surface area contributed by atoms with Crippen molar-refractivity contribution < 1.29 is 14.2 Å². The Morgan fingerprint density at radius 3 is 2.57 bits per heavy atom. The van der Waals surface area contributed by atoms with Gasteiger partial charge in [-0.2, -0.15) is 0 Å². The van der Waals surface area contributed by atoms with Gasteiger partial charge in [0.1, 0.15) is 11.5 Å². The first-order valence-electron chi connectivity index (χ1n) is 4.15. The summed E-state index contributed by atoms with van der Waals surface area (Å²) in [5, 5.41) is 0. The monoisotopic (exact) mass is 260 g/mol. The summed E-state index contributed by atoms with van der Waals surface area (Å²) in [5.41, 5.74) is 1.07. The largest absolute Gasteiger partial charge is 0.495 e. The van der Waals surface area contributed by atoms with Gasteiger partial charge in [-0.3, -0.25) is 0 Å². The smallest absolute Gasteiger partial charge is 0.188 e. The molecule has 0 aromatic heterocycles. The van der Waals surface area contributed by atoms with Crippen molar-refractivity contribution in [2.75, 3.05) is 21.0 Å². The van der Waals surface area contributed by atoms with E-state index in [0.29, 0.717) is 0 Å². The van der Waals surface area contributed by atoms with E-state index in [-0.39, 0.29) is 6.79 Å². The van der Waals surface area contributed by atoms with Crippen LogP contribution in [-0.2, 0) is 4.74 Å². The molecular formula is C10H13BrO3. The van der Waals surface area contributed by atoms with E-state index in [1.807, 2.05) is 19.1 Å². The number of rotatable bonds is 4. The maximum atomic E-state index is 5.31. The Kier molecular flexibility index (Phi) is 4.22. The number of halogens is 1. The Morgan fingerprint density at radius 1 is 1.29 bits per heavy atom. The third-order valence-corrected chi connectivity index (χ3v) is 2.77. The van der Waals surface area contributed by atoms with Crippen LogP contribution >= 0.6 is 15.9 Å². The molecule has 0 fully saturated rings. The van der Waals surface area contributed by atoms with Gasteiger partial charge >= 0.3 is 0 Å². The summed E-state index contributed by atoms with van der Waals surface area (Å²) < 4.78 is 16.3. The van der Waals surface area contributed by atoms with Crippen molar-refractivity contribution in [3.63, 3.8) is 0 Å². The molecule has 1 aromatic carbocycles. The molecule has 0 spiro atoms. The molecule has 0 saturated heterocycles. The number of methoxy groups -OCH3 is 2. The van der Waals surface area contributed by atoms with Gasteiger partial charge < -0.3 is 14.2 Å². The molecular weight excluding hydrogens is 248 g/mol. The quantitative estimate of drug-likeness (QED) is 0.780. The third kappa shape index (κ3) is 2.62. The van der Waals surface area contributed by atoms with E-state index >= 15 is 0 Å². The number of hydrogen-bond donors (Lipinski definition) is 0. The maximum Gasteiger partial charge on any atom is 0.188 e. The lowest BCUT2D eigenvalue weighted by Crippen LogP contribution is -1.99. The molecule has 1 rings (SSSR count). The first-order chi connectivity index (χ1) is 6.69. The highest BCUT2D eigenvalue weighted by molar-refractivity contribution is 9.10. The lowest BCUT2D eigenvalue weighted by atomic mass is 10.2. The molecule has 0 amide bonds. The van der Waals surface area contributed by atoms with Crippen molar-refractivity contribution in [2.24, 2.45) is 0 Å². The molecule has 3 nitrogen and oxygen atoms in total. The molecule has 0 atom stereocenters. The summed E-state index contributed by atoms with van der Waals surface area (Å²) in [6, 6.07) is 3.74. The number of aryl methyl sites for hydroxylation is 1. The lowest BCUT2D eigenvalue weighted by Gasteiger charge is -2.10. The molecule has 14 heavy (non-hydrogen) atoms. The Hall–Kier alpha value is -0.740. The highest BCUT2D eigenvalue weighted by Gasteiger charge is 2.06. The molecule has 4 heteroatoms. The summed E-state index contributed by atoms with van der Waals surface area (Å²) in [4.78, 5) is 0. The number of ether oxygens (including phenoxy) is 3. The van der Waals surface area contributed by atoms with Gasteiger partial charge in [0, 0.05) is 13.2 Å². The molecule has 0 aliphatic rings. The first kappa shape index (κ1) is 11.3. The fourth-order valence-corrected chi connectivity index (χ4v) is 1.45. The van der Waals surface area contributed by atoms with Crippen LogP contribution in [0.4, 0.5) is 0 Å². The van der Waals surface area contributed by atoms with E-state index in [1.54, 1.807) is 14.2 Å².